The highest BCUT2D eigenvalue weighted by Gasteiger charge is 2.45. The van der Waals surface area contributed by atoms with Crippen LogP contribution in [0.5, 0.6) is 0 Å². The van der Waals surface area contributed by atoms with Gasteiger partial charge < -0.3 is 20.1 Å². The number of imide groups is 2. The Balaban J connectivity index is 0.768. The average molecular weight is 738 g/mol. The van der Waals surface area contributed by atoms with Gasteiger partial charge in [-0.2, -0.15) is 0 Å². The highest BCUT2D eigenvalue weighted by atomic mass is 16.2. The molecule has 1 aromatic heterocycles. The predicted molar refractivity (Wildman–Crippen MR) is 200 cm³/mol. The fraction of sp³-hybridized carbons (Fsp3) is 0.513. The van der Waals surface area contributed by atoms with Crippen LogP contribution in [-0.4, -0.2) is 129 Å². The monoisotopic (exact) mass is 737 g/mol. The van der Waals surface area contributed by atoms with Crippen molar-refractivity contribution >= 4 is 57.9 Å². The zero-order chi connectivity index (χ0) is 37.5. The zero-order valence-electron chi connectivity index (χ0n) is 30.6. The van der Waals surface area contributed by atoms with Gasteiger partial charge in [0.05, 0.1) is 28.7 Å². The highest BCUT2D eigenvalue weighted by Crippen LogP contribution is 2.31. The number of fused-ring (bicyclic) bond motifs is 2. The largest absolute Gasteiger partial charge is 0.369 e. The average Bonchev–Trinajstić information content (AvgIpc) is 3.85. The van der Waals surface area contributed by atoms with Crippen molar-refractivity contribution < 1.29 is 28.8 Å². The molecule has 2 aromatic carbocycles. The number of carbonyl (C=O) groups excluding carboxylic acids is 6. The van der Waals surface area contributed by atoms with Crippen molar-refractivity contribution in [3.05, 3.63) is 53.3 Å². The van der Waals surface area contributed by atoms with Crippen LogP contribution < -0.4 is 15.5 Å². The van der Waals surface area contributed by atoms with Crippen LogP contribution in [0.2, 0.25) is 0 Å². The summed E-state index contributed by atoms with van der Waals surface area (Å²) in [5.74, 6) is -1.19. The maximum atomic E-state index is 13.3. The SMILES string of the molecule is C[C@H]1CCCN1Cc1nc2ccc(NC(=O)C3CCN(C(=O)CCN4CCN(c5ccc6c(c5)C(=O)N(C5CCC(=O)NC5=O)C6=O)CC4)CC3)cc2[nH]1. The summed E-state index contributed by atoms with van der Waals surface area (Å²) in [5.41, 5.74) is 3.89. The quantitative estimate of drug-likeness (QED) is 0.277. The second kappa shape index (κ2) is 14.9. The number of H-pyrrole nitrogens is 1. The van der Waals surface area contributed by atoms with Crippen LogP contribution in [0, 0.1) is 5.92 Å². The number of hydrogen-bond donors (Lipinski definition) is 3. The van der Waals surface area contributed by atoms with Crippen molar-refractivity contribution in [1.29, 1.82) is 0 Å². The van der Waals surface area contributed by atoms with Gasteiger partial charge in [0.1, 0.15) is 11.9 Å². The summed E-state index contributed by atoms with van der Waals surface area (Å²) in [6.07, 6.45) is 4.29. The third-order valence-corrected chi connectivity index (χ3v) is 11.9. The van der Waals surface area contributed by atoms with E-state index in [1.54, 1.807) is 12.1 Å². The van der Waals surface area contributed by atoms with E-state index < -0.39 is 29.7 Å². The maximum absolute atomic E-state index is 13.3. The fourth-order valence-corrected chi connectivity index (χ4v) is 8.57. The smallest absolute Gasteiger partial charge is 0.262 e. The molecule has 5 aliphatic heterocycles. The van der Waals surface area contributed by atoms with Crippen LogP contribution in [0.3, 0.4) is 0 Å². The number of carbonyl (C=O) groups is 6. The topological polar surface area (TPSA) is 171 Å². The van der Waals surface area contributed by atoms with E-state index in [1.165, 1.54) is 12.8 Å². The van der Waals surface area contributed by atoms with Crippen LogP contribution in [0.15, 0.2) is 36.4 Å². The molecule has 0 bridgehead atoms. The summed E-state index contributed by atoms with van der Waals surface area (Å²) in [4.78, 5) is 94.5. The minimum absolute atomic E-state index is 0.0177. The summed E-state index contributed by atoms with van der Waals surface area (Å²) in [7, 11) is 0. The lowest BCUT2D eigenvalue weighted by Gasteiger charge is -2.37. The van der Waals surface area contributed by atoms with E-state index in [4.69, 9.17) is 4.98 Å². The van der Waals surface area contributed by atoms with E-state index in [-0.39, 0.29) is 41.7 Å². The number of nitrogens with one attached hydrogen (secondary N) is 3. The number of benzene rings is 2. The highest BCUT2D eigenvalue weighted by molar-refractivity contribution is 6.23. The summed E-state index contributed by atoms with van der Waals surface area (Å²) in [6, 6.07) is 10.5. The number of imidazole rings is 1. The standard InChI is InChI=1S/C39H47N9O6/c1-24-3-2-13-47(24)23-33-41-30-7-4-26(21-31(30)42-33)40-36(51)25-10-15-46(16-11-25)35(50)12-14-44-17-19-45(20-18-44)27-5-6-28-29(22-27)39(54)48(38(28)53)32-8-9-34(49)43-37(32)52/h4-7,21-22,24-25,32H,2-3,8-20,23H2,1H3,(H,40,51)(H,41,42)(H,43,49,52)/t24-,32?/m0/s1. The van der Waals surface area contributed by atoms with Gasteiger partial charge in [0.2, 0.25) is 23.6 Å². The normalized spacial score (nSPS) is 23.0. The second-order valence-electron chi connectivity index (χ2n) is 15.3. The molecule has 4 fully saturated rings. The van der Waals surface area contributed by atoms with Crippen molar-refractivity contribution in [2.45, 2.75) is 70.5 Å². The van der Waals surface area contributed by atoms with Gasteiger partial charge in [-0.15, -0.1) is 0 Å². The van der Waals surface area contributed by atoms with Gasteiger partial charge >= 0.3 is 0 Å². The molecule has 4 saturated heterocycles. The second-order valence-corrected chi connectivity index (χ2v) is 15.3. The number of aromatic nitrogens is 2. The first-order chi connectivity index (χ1) is 26.1. The number of likely N-dealkylation sites (tertiary alicyclic amines) is 2. The van der Waals surface area contributed by atoms with Gasteiger partial charge in [-0.3, -0.25) is 48.8 Å². The van der Waals surface area contributed by atoms with Crippen LogP contribution in [0.4, 0.5) is 11.4 Å². The molecular weight excluding hydrogens is 690 g/mol. The fourth-order valence-electron chi connectivity index (χ4n) is 8.57. The van der Waals surface area contributed by atoms with Crippen LogP contribution in [0.25, 0.3) is 11.0 Å². The maximum Gasteiger partial charge on any atom is 0.262 e. The number of hydrogen-bond acceptors (Lipinski definition) is 10. The summed E-state index contributed by atoms with van der Waals surface area (Å²) in [6.45, 7) is 8.77. The van der Waals surface area contributed by atoms with Gasteiger partial charge in [0.15, 0.2) is 0 Å². The molecule has 8 rings (SSSR count). The molecular formula is C39H47N9O6. The summed E-state index contributed by atoms with van der Waals surface area (Å²) in [5, 5.41) is 5.31. The minimum Gasteiger partial charge on any atom is -0.369 e. The molecule has 284 valence electrons. The van der Waals surface area contributed by atoms with Crippen molar-refractivity contribution in [3.63, 3.8) is 0 Å². The molecule has 6 heterocycles. The molecule has 54 heavy (non-hydrogen) atoms. The van der Waals surface area contributed by atoms with E-state index in [2.05, 4.69) is 37.2 Å². The summed E-state index contributed by atoms with van der Waals surface area (Å²) >= 11 is 0. The van der Waals surface area contributed by atoms with Gasteiger partial charge in [-0.25, -0.2) is 4.98 Å². The van der Waals surface area contributed by atoms with Crippen molar-refractivity contribution in [2.75, 3.05) is 62.6 Å². The number of nitrogens with zero attached hydrogens (tertiary/aromatic N) is 6. The number of piperidine rings is 2. The van der Waals surface area contributed by atoms with Gasteiger partial charge in [-0.05, 0) is 82.0 Å². The first-order valence-corrected chi connectivity index (χ1v) is 19.3. The lowest BCUT2D eigenvalue weighted by Crippen LogP contribution is -2.54. The molecule has 0 saturated carbocycles. The molecule has 2 atom stereocenters. The Labute approximate surface area is 313 Å². The Kier molecular flexibility index (Phi) is 9.92. The third kappa shape index (κ3) is 7.21. The zero-order valence-corrected chi connectivity index (χ0v) is 30.6. The van der Waals surface area contributed by atoms with Crippen molar-refractivity contribution in [2.24, 2.45) is 5.92 Å². The van der Waals surface area contributed by atoms with Crippen molar-refractivity contribution in [1.82, 2.24) is 34.9 Å². The molecule has 0 aliphatic carbocycles. The Bertz CT molecular complexity index is 2000. The Hall–Kier alpha value is -5.15. The predicted octanol–water partition coefficient (Wildman–Crippen LogP) is 2.34. The molecule has 3 N–H and O–H groups in total. The van der Waals surface area contributed by atoms with Crippen molar-refractivity contribution in [3.8, 4) is 0 Å². The summed E-state index contributed by atoms with van der Waals surface area (Å²) < 4.78 is 0. The number of amides is 6. The van der Waals surface area contributed by atoms with E-state index in [1.807, 2.05) is 29.2 Å². The van der Waals surface area contributed by atoms with Gasteiger partial charge in [0, 0.05) is 82.0 Å². The first kappa shape index (κ1) is 35.9. The van der Waals surface area contributed by atoms with Gasteiger partial charge in [0.25, 0.3) is 11.8 Å². The number of rotatable bonds is 9. The molecule has 15 heteroatoms. The molecule has 15 nitrogen and oxygen atoms in total. The molecule has 3 aromatic rings. The number of piperazine rings is 1. The van der Waals surface area contributed by atoms with E-state index in [0.717, 1.165) is 59.3 Å². The number of anilines is 2. The molecule has 5 aliphatic rings. The molecule has 1 unspecified atom stereocenters. The van der Waals surface area contributed by atoms with E-state index in [0.29, 0.717) is 58.0 Å². The van der Waals surface area contributed by atoms with E-state index in [9.17, 15) is 28.8 Å². The van der Waals surface area contributed by atoms with E-state index >= 15 is 0 Å². The lowest BCUT2D eigenvalue weighted by molar-refractivity contribution is -0.136. The molecule has 0 radical (unpaired) electrons. The van der Waals surface area contributed by atoms with Crippen LogP contribution >= 0.6 is 0 Å². The Morgan fingerprint density at radius 1 is 0.870 bits per heavy atom. The molecule has 6 amide bonds. The van der Waals surface area contributed by atoms with Gasteiger partial charge in [-0.1, -0.05) is 0 Å². The minimum atomic E-state index is -0.993. The number of aromatic amines is 1. The van der Waals surface area contributed by atoms with Crippen LogP contribution in [0.1, 0.15) is 78.4 Å². The Morgan fingerprint density at radius 3 is 2.39 bits per heavy atom. The van der Waals surface area contributed by atoms with Crippen LogP contribution in [-0.2, 0) is 25.7 Å². The Morgan fingerprint density at radius 2 is 1.65 bits per heavy atom. The first-order valence-electron chi connectivity index (χ1n) is 19.3. The third-order valence-electron chi connectivity index (χ3n) is 11.9. The molecule has 0 spiro atoms. The lowest BCUT2D eigenvalue weighted by atomic mass is 9.95.